The van der Waals surface area contributed by atoms with Gasteiger partial charge in [0.25, 0.3) is 0 Å². The molecule has 2 aromatic heterocycles. The van der Waals surface area contributed by atoms with E-state index in [9.17, 15) is 4.79 Å². The van der Waals surface area contributed by atoms with Crippen LogP contribution in [0.25, 0.3) is 22.6 Å². The van der Waals surface area contributed by atoms with Crippen molar-refractivity contribution >= 4 is 22.8 Å². The predicted molar refractivity (Wildman–Crippen MR) is 81.2 cm³/mol. The van der Waals surface area contributed by atoms with E-state index in [-0.39, 0.29) is 6.03 Å². The van der Waals surface area contributed by atoms with Crippen LogP contribution in [0.15, 0.2) is 18.3 Å². The third-order valence-corrected chi connectivity index (χ3v) is 3.45. The van der Waals surface area contributed by atoms with Crippen LogP contribution in [-0.4, -0.2) is 33.2 Å². The number of hydrogen-bond donors (Lipinski definition) is 4. The lowest BCUT2D eigenvalue weighted by atomic mass is 10.1. The normalized spacial score (nSPS) is 10.8. The molecule has 4 N–H and O–H groups in total. The fourth-order valence-electron chi connectivity index (χ4n) is 2.13. The van der Waals surface area contributed by atoms with Crippen LogP contribution in [0.3, 0.4) is 0 Å². The zero-order valence-corrected chi connectivity index (χ0v) is 12.0. The topological polar surface area (TPSA) is 98.5 Å². The second-order valence-electron chi connectivity index (χ2n) is 4.90. The molecule has 2 amide bonds. The minimum atomic E-state index is -0.305. The average Bonchev–Trinajstić information content (AvgIpc) is 3.05. The third-order valence-electron chi connectivity index (χ3n) is 3.45. The number of anilines is 1. The van der Waals surface area contributed by atoms with Gasteiger partial charge in [0.05, 0.1) is 22.9 Å². The van der Waals surface area contributed by atoms with Gasteiger partial charge in [-0.05, 0) is 37.1 Å². The molecule has 3 rings (SSSR count). The van der Waals surface area contributed by atoms with Gasteiger partial charge in [-0.15, -0.1) is 0 Å². The van der Waals surface area contributed by atoms with Gasteiger partial charge in [0.2, 0.25) is 0 Å². The van der Waals surface area contributed by atoms with Crippen molar-refractivity contribution in [3.8, 4) is 11.5 Å². The Hall–Kier alpha value is -2.83. The number of aryl methyl sites for hydroxylation is 2. The Morgan fingerprint density at radius 1 is 1.24 bits per heavy atom. The largest absolute Gasteiger partial charge is 0.341 e. The number of nitrogens with one attached hydrogen (secondary N) is 4. The number of carbonyl (C=O) groups excluding carboxylic acids is 1. The molecule has 3 aromatic rings. The first kappa shape index (κ1) is 13.2. The molecule has 0 unspecified atom stereocenters. The zero-order chi connectivity index (χ0) is 15.0. The van der Waals surface area contributed by atoms with Crippen molar-refractivity contribution in [2.24, 2.45) is 0 Å². The quantitative estimate of drug-likeness (QED) is 0.581. The molecule has 0 spiro atoms. The van der Waals surface area contributed by atoms with Crippen molar-refractivity contribution in [2.45, 2.75) is 13.8 Å². The van der Waals surface area contributed by atoms with E-state index in [1.54, 1.807) is 13.2 Å². The Balaban J connectivity index is 2.05. The van der Waals surface area contributed by atoms with Crippen LogP contribution in [0.1, 0.15) is 11.1 Å². The first-order chi connectivity index (χ1) is 10.1. The van der Waals surface area contributed by atoms with Crippen LogP contribution < -0.4 is 10.6 Å². The van der Waals surface area contributed by atoms with Crippen LogP contribution in [0.5, 0.6) is 0 Å². The van der Waals surface area contributed by atoms with Gasteiger partial charge in [-0.2, -0.15) is 5.10 Å². The Morgan fingerprint density at radius 3 is 2.76 bits per heavy atom. The fraction of sp³-hybridized carbons (Fsp3) is 0.214. The highest BCUT2D eigenvalue weighted by Crippen LogP contribution is 2.26. The molecular weight excluding hydrogens is 268 g/mol. The van der Waals surface area contributed by atoms with Crippen molar-refractivity contribution in [1.29, 1.82) is 0 Å². The monoisotopic (exact) mass is 284 g/mol. The van der Waals surface area contributed by atoms with E-state index in [0.29, 0.717) is 17.2 Å². The molecule has 7 heteroatoms. The summed E-state index contributed by atoms with van der Waals surface area (Å²) in [6, 6.07) is 3.79. The molecule has 0 radical (unpaired) electrons. The molecule has 0 atom stereocenters. The summed E-state index contributed by atoms with van der Waals surface area (Å²) in [4.78, 5) is 19.2. The lowest BCUT2D eigenvalue weighted by Gasteiger charge is -2.02. The number of imidazole rings is 1. The highest BCUT2D eigenvalue weighted by Gasteiger charge is 2.14. The van der Waals surface area contributed by atoms with Crippen molar-refractivity contribution < 1.29 is 4.79 Å². The smallest absolute Gasteiger partial charge is 0.319 e. The van der Waals surface area contributed by atoms with E-state index >= 15 is 0 Å². The number of carbonyl (C=O) groups is 1. The minimum absolute atomic E-state index is 0.305. The van der Waals surface area contributed by atoms with E-state index in [1.807, 2.05) is 6.07 Å². The summed E-state index contributed by atoms with van der Waals surface area (Å²) in [6.45, 7) is 4.11. The molecule has 7 nitrogen and oxygen atoms in total. The number of benzene rings is 1. The van der Waals surface area contributed by atoms with Gasteiger partial charge in [-0.25, -0.2) is 9.78 Å². The van der Waals surface area contributed by atoms with Crippen molar-refractivity contribution in [3.63, 3.8) is 0 Å². The van der Waals surface area contributed by atoms with E-state index in [0.717, 1.165) is 11.0 Å². The highest BCUT2D eigenvalue weighted by molar-refractivity contribution is 5.93. The number of H-pyrrole nitrogens is 2. The molecular formula is C14H16N6O. The number of urea groups is 1. The van der Waals surface area contributed by atoms with Crippen LogP contribution in [-0.2, 0) is 0 Å². The van der Waals surface area contributed by atoms with Crippen molar-refractivity contribution in [3.05, 3.63) is 29.5 Å². The van der Waals surface area contributed by atoms with E-state index in [1.165, 1.54) is 11.1 Å². The van der Waals surface area contributed by atoms with Gasteiger partial charge in [0.1, 0.15) is 5.69 Å². The minimum Gasteiger partial charge on any atom is -0.341 e. The van der Waals surface area contributed by atoms with Gasteiger partial charge < -0.3 is 15.6 Å². The zero-order valence-electron chi connectivity index (χ0n) is 12.0. The maximum absolute atomic E-state index is 11.4. The Bertz CT molecular complexity index is 777. The van der Waals surface area contributed by atoms with Gasteiger partial charge in [0, 0.05) is 7.05 Å². The highest BCUT2D eigenvalue weighted by atomic mass is 16.2. The summed E-state index contributed by atoms with van der Waals surface area (Å²) in [5, 5.41) is 12.0. The summed E-state index contributed by atoms with van der Waals surface area (Å²) in [5.41, 5.74) is 5.44. The number of rotatable bonds is 2. The summed E-state index contributed by atoms with van der Waals surface area (Å²) >= 11 is 0. The molecule has 0 aliphatic heterocycles. The number of fused-ring (bicyclic) bond motifs is 1. The molecule has 0 bridgehead atoms. The summed E-state index contributed by atoms with van der Waals surface area (Å²) in [5.74, 6) is 0.638. The van der Waals surface area contributed by atoms with Gasteiger partial charge in [-0.3, -0.25) is 5.10 Å². The van der Waals surface area contributed by atoms with E-state index < -0.39 is 0 Å². The molecule has 0 aliphatic carbocycles. The maximum Gasteiger partial charge on any atom is 0.319 e. The van der Waals surface area contributed by atoms with Gasteiger partial charge in [-0.1, -0.05) is 0 Å². The molecule has 0 fully saturated rings. The summed E-state index contributed by atoms with van der Waals surface area (Å²) in [7, 11) is 1.56. The third kappa shape index (κ3) is 2.33. The second-order valence-corrected chi connectivity index (χ2v) is 4.90. The molecule has 21 heavy (non-hydrogen) atoms. The average molecular weight is 284 g/mol. The SMILES string of the molecule is CNC(=O)Nc1cn[nH]c1-c1nc2cc(C)c(C)cc2[nH]1. The number of nitrogens with zero attached hydrogens (tertiary/aromatic N) is 2. The molecule has 1 aromatic carbocycles. The summed E-state index contributed by atoms with van der Waals surface area (Å²) < 4.78 is 0. The van der Waals surface area contributed by atoms with Crippen molar-refractivity contribution in [1.82, 2.24) is 25.5 Å². The number of amides is 2. The Morgan fingerprint density at radius 2 is 2.00 bits per heavy atom. The molecule has 2 heterocycles. The molecule has 108 valence electrons. The molecule has 0 aliphatic rings. The fourth-order valence-corrected chi connectivity index (χ4v) is 2.13. The van der Waals surface area contributed by atoms with Crippen LogP contribution in [0, 0.1) is 13.8 Å². The summed E-state index contributed by atoms with van der Waals surface area (Å²) in [6.07, 6.45) is 1.55. The Labute approximate surface area is 121 Å². The Kier molecular flexibility index (Phi) is 3.09. The molecule has 0 saturated heterocycles. The number of aromatic amines is 2. The predicted octanol–water partition coefficient (Wildman–Crippen LogP) is 2.32. The first-order valence-corrected chi connectivity index (χ1v) is 6.58. The number of aromatic nitrogens is 4. The standard InChI is InChI=1S/C14H16N6O/c1-7-4-9-10(5-8(7)2)18-13(17-9)12-11(6-16-20-12)19-14(21)15-3/h4-6H,1-3H3,(H,16,20)(H,17,18)(H2,15,19,21). The van der Waals surface area contributed by atoms with Crippen LogP contribution in [0.4, 0.5) is 10.5 Å². The van der Waals surface area contributed by atoms with E-state index in [2.05, 4.69) is 50.7 Å². The van der Waals surface area contributed by atoms with Gasteiger partial charge in [0.15, 0.2) is 5.82 Å². The van der Waals surface area contributed by atoms with Crippen LogP contribution in [0.2, 0.25) is 0 Å². The maximum atomic E-state index is 11.4. The first-order valence-electron chi connectivity index (χ1n) is 6.58. The second kappa shape index (κ2) is 4.93. The lowest BCUT2D eigenvalue weighted by Crippen LogP contribution is -2.24. The van der Waals surface area contributed by atoms with E-state index in [4.69, 9.17) is 0 Å². The van der Waals surface area contributed by atoms with Gasteiger partial charge >= 0.3 is 6.03 Å². The number of hydrogen-bond acceptors (Lipinski definition) is 3. The van der Waals surface area contributed by atoms with Crippen molar-refractivity contribution in [2.75, 3.05) is 12.4 Å². The molecule has 0 saturated carbocycles. The lowest BCUT2D eigenvalue weighted by molar-refractivity contribution is 0.254. The van der Waals surface area contributed by atoms with Crippen LogP contribution >= 0.6 is 0 Å².